The molecule has 2 rings (SSSR count). The van der Waals surface area contributed by atoms with Crippen LogP contribution in [0.3, 0.4) is 0 Å². The fourth-order valence-corrected chi connectivity index (χ4v) is 3.23. The number of methoxy groups -OCH3 is 1. The van der Waals surface area contributed by atoms with Crippen molar-refractivity contribution < 1.29 is 9.47 Å². The second-order valence-corrected chi connectivity index (χ2v) is 5.65. The Bertz CT molecular complexity index is 230. The van der Waals surface area contributed by atoms with Crippen molar-refractivity contribution in [2.75, 3.05) is 53.1 Å². The molecule has 2 aliphatic rings. The van der Waals surface area contributed by atoms with Gasteiger partial charge in [-0.25, -0.2) is 0 Å². The zero-order chi connectivity index (χ0) is 12.7. The van der Waals surface area contributed by atoms with Crippen LogP contribution in [0.1, 0.15) is 32.1 Å². The average molecular weight is 256 g/mol. The minimum absolute atomic E-state index is 0.420. The van der Waals surface area contributed by atoms with Crippen molar-refractivity contribution in [1.29, 1.82) is 0 Å². The van der Waals surface area contributed by atoms with E-state index >= 15 is 0 Å². The summed E-state index contributed by atoms with van der Waals surface area (Å²) in [6.07, 6.45) is 6.76. The molecule has 1 saturated carbocycles. The topological polar surface area (TPSA) is 33.7 Å². The van der Waals surface area contributed by atoms with Gasteiger partial charge in [0.25, 0.3) is 0 Å². The van der Waals surface area contributed by atoms with Gasteiger partial charge in [0, 0.05) is 25.7 Å². The lowest BCUT2D eigenvalue weighted by atomic mass is 9.97. The molecule has 1 N–H and O–H groups in total. The summed E-state index contributed by atoms with van der Waals surface area (Å²) >= 11 is 0. The first-order valence-corrected chi connectivity index (χ1v) is 7.39. The minimum atomic E-state index is 0.420. The van der Waals surface area contributed by atoms with Gasteiger partial charge in [0.15, 0.2) is 0 Å². The summed E-state index contributed by atoms with van der Waals surface area (Å²) in [5, 5.41) is 3.80. The second-order valence-electron chi connectivity index (χ2n) is 5.65. The molecule has 4 nitrogen and oxygen atoms in total. The van der Waals surface area contributed by atoms with Crippen LogP contribution in [-0.4, -0.2) is 63.5 Å². The summed E-state index contributed by atoms with van der Waals surface area (Å²) in [5.41, 5.74) is 0.420. The lowest BCUT2D eigenvalue weighted by molar-refractivity contribution is 0.0543. The fraction of sp³-hybridized carbons (Fsp3) is 1.00. The van der Waals surface area contributed by atoms with Crippen molar-refractivity contribution in [3.63, 3.8) is 0 Å². The number of rotatable bonds is 6. The third-order valence-electron chi connectivity index (χ3n) is 4.22. The van der Waals surface area contributed by atoms with E-state index in [4.69, 9.17) is 9.47 Å². The van der Waals surface area contributed by atoms with Gasteiger partial charge in [0.05, 0.1) is 19.8 Å². The number of ether oxygens (including phenoxy) is 2. The molecule has 0 radical (unpaired) electrons. The van der Waals surface area contributed by atoms with Crippen LogP contribution < -0.4 is 5.32 Å². The second kappa shape index (κ2) is 7.43. The third kappa shape index (κ3) is 4.19. The summed E-state index contributed by atoms with van der Waals surface area (Å²) in [5.74, 6) is 0. The molecule has 1 heterocycles. The first kappa shape index (κ1) is 14.3. The zero-order valence-corrected chi connectivity index (χ0v) is 11.7. The Morgan fingerprint density at radius 2 is 1.94 bits per heavy atom. The van der Waals surface area contributed by atoms with Crippen LogP contribution in [0.4, 0.5) is 0 Å². The third-order valence-corrected chi connectivity index (χ3v) is 4.22. The Kier molecular flexibility index (Phi) is 5.89. The molecular formula is C14H28N2O2. The highest BCUT2D eigenvalue weighted by Crippen LogP contribution is 2.31. The van der Waals surface area contributed by atoms with Gasteiger partial charge < -0.3 is 14.8 Å². The van der Waals surface area contributed by atoms with Gasteiger partial charge in [-0.15, -0.1) is 0 Å². The maximum absolute atomic E-state index is 5.58. The van der Waals surface area contributed by atoms with Crippen LogP contribution in [0.25, 0.3) is 0 Å². The number of nitrogens with one attached hydrogen (secondary N) is 1. The predicted molar refractivity (Wildman–Crippen MR) is 73.0 cm³/mol. The normalized spacial score (nSPS) is 24.5. The molecule has 1 spiro atoms. The van der Waals surface area contributed by atoms with Crippen molar-refractivity contribution in [2.24, 2.45) is 0 Å². The van der Waals surface area contributed by atoms with Gasteiger partial charge >= 0.3 is 0 Å². The van der Waals surface area contributed by atoms with Gasteiger partial charge in [0.2, 0.25) is 0 Å². The maximum Gasteiger partial charge on any atom is 0.0700 e. The predicted octanol–water partition coefficient (Wildman–Crippen LogP) is 1.26. The molecule has 0 atom stereocenters. The molecule has 0 bridgehead atoms. The smallest absolute Gasteiger partial charge is 0.0700 e. The average Bonchev–Trinajstić information content (AvgIpc) is 2.72. The van der Waals surface area contributed by atoms with Crippen LogP contribution in [0.5, 0.6) is 0 Å². The van der Waals surface area contributed by atoms with Gasteiger partial charge in [-0.05, 0) is 32.4 Å². The van der Waals surface area contributed by atoms with Crippen molar-refractivity contribution in [2.45, 2.75) is 37.6 Å². The van der Waals surface area contributed by atoms with E-state index in [2.05, 4.69) is 10.2 Å². The van der Waals surface area contributed by atoms with Crippen molar-refractivity contribution in [3.8, 4) is 0 Å². The molecule has 18 heavy (non-hydrogen) atoms. The Morgan fingerprint density at radius 1 is 1.11 bits per heavy atom. The molecule has 0 aromatic heterocycles. The molecule has 0 unspecified atom stereocenters. The van der Waals surface area contributed by atoms with Gasteiger partial charge in [0.1, 0.15) is 0 Å². The molecule has 0 aromatic rings. The Morgan fingerprint density at radius 3 is 2.72 bits per heavy atom. The molecule has 1 aliphatic heterocycles. The van der Waals surface area contributed by atoms with Crippen LogP contribution in [0.2, 0.25) is 0 Å². The summed E-state index contributed by atoms with van der Waals surface area (Å²) in [6, 6.07) is 0. The first-order chi connectivity index (χ1) is 8.85. The fourth-order valence-electron chi connectivity index (χ4n) is 3.23. The lowest BCUT2D eigenvalue weighted by Crippen LogP contribution is -2.49. The van der Waals surface area contributed by atoms with E-state index in [-0.39, 0.29) is 0 Å². The minimum Gasteiger partial charge on any atom is -0.382 e. The largest absolute Gasteiger partial charge is 0.382 e. The van der Waals surface area contributed by atoms with E-state index in [0.29, 0.717) is 18.8 Å². The SMILES string of the molecule is COCCOCCN1CCCNC2(CCCC2)C1. The Labute approximate surface area is 111 Å². The molecule has 0 amide bonds. The Balaban J connectivity index is 1.70. The van der Waals surface area contributed by atoms with Crippen LogP contribution >= 0.6 is 0 Å². The van der Waals surface area contributed by atoms with Crippen molar-refractivity contribution in [3.05, 3.63) is 0 Å². The highest BCUT2D eigenvalue weighted by atomic mass is 16.5. The van der Waals surface area contributed by atoms with E-state index in [0.717, 1.165) is 13.2 Å². The molecule has 1 aliphatic carbocycles. The number of hydrogen-bond acceptors (Lipinski definition) is 4. The lowest BCUT2D eigenvalue weighted by Gasteiger charge is -2.33. The standard InChI is InChI=1S/C14H28N2O2/c1-17-11-12-18-10-9-16-8-4-7-15-14(13-16)5-2-3-6-14/h15H,2-13H2,1H3. The molecule has 2 fully saturated rings. The van der Waals surface area contributed by atoms with Crippen molar-refractivity contribution >= 4 is 0 Å². The zero-order valence-electron chi connectivity index (χ0n) is 11.7. The van der Waals surface area contributed by atoms with E-state index in [1.165, 1.54) is 51.7 Å². The summed E-state index contributed by atoms with van der Waals surface area (Å²) in [4.78, 5) is 2.58. The number of hydrogen-bond donors (Lipinski definition) is 1. The van der Waals surface area contributed by atoms with Gasteiger partial charge in [-0.1, -0.05) is 12.8 Å². The summed E-state index contributed by atoms with van der Waals surface area (Å²) in [7, 11) is 1.72. The van der Waals surface area contributed by atoms with Gasteiger partial charge in [-0.2, -0.15) is 0 Å². The molecule has 0 aromatic carbocycles. The summed E-state index contributed by atoms with van der Waals surface area (Å²) < 4.78 is 10.6. The molecule has 4 heteroatoms. The molecule has 106 valence electrons. The van der Waals surface area contributed by atoms with E-state index in [1.54, 1.807) is 7.11 Å². The van der Waals surface area contributed by atoms with Crippen LogP contribution in [0, 0.1) is 0 Å². The van der Waals surface area contributed by atoms with Crippen molar-refractivity contribution in [1.82, 2.24) is 10.2 Å². The van der Waals surface area contributed by atoms with E-state index in [1.807, 2.05) is 0 Å². The first-order valence-electron chi connectivity index (χ1n) is 7.39. The molecule has 1 saturated heterocycles. The summed E-state index contributed by atoms with van der Waals surface area (Å²) in [6.45, 7) is 6.91. The van der Waals surface area contributed by atoms with E-state index in [9.17, 15) is 0 Å². The number of nitrogens with zero attached hydrogens (tertiary/aromatic N) is 1. The molecular weight excluding hydrogens is 228 g/mol. The monoisotopic (exact) mass is 256 g/mol. The highest BCUT2D eigenvalue weighted by molar-refractivity contribution is 4.96. The highest BCUT2D eigenvalue weighted by Gasteiger charge is 2.36. The van der Waals surface area contributed by atoms with Gasteiger partial charge in [-0.3, -0.25) is 4.90 Å². The van der Waals surface area contributed by atoms with E-state index < -0.39 is 0 Å². The van der Waals surface area contributed by atoms with Crippen LogP contribution in [0.15, 0.2) is 0 Å². The maximum atomic E-state index is 5.58. The Hall–Kier alpha value is -0.160. The van der Waals surface area contributed by atoms with Crippen LogP contribution in [-0.2, 0) is 9.47 Å². The quantitative estimate of drug-likeness (QED) is 0.725.